The van der Waals surface area contributed by atoms with Gasteiger partial charge in [-0.3, -0.25) is 0 Å². The summed E-state index contributed by atoms with van der Waals surface area (Å²) in [5.41, 5.74) is 3.57. The molecule has 0 amide bonds. The van der Waals surface area contributed by atoms with Crippen LogP contribution in [0.15, 0.2) is 12.1 Å². The van der Waals surface area contributed by atoms with E-state index in [1.807, 2.05) is 6.07 Å². The van der Waals surface area contributed by atoms with Crippen molar-refractivity contribution in [2.75, 3.05) is 0 Å². The summed E-state index contributed by atoms with van der Waals surface area (Å²) >= 11 is 0. The lowest BCUT2D eigenvalue weighted by Crippen LogP contribution is -2.00. The van der Waals surface area contributed by atoms with Gasteiger partial charge in [0.25, 0.3) is 0 Å². The summed E-state index contributed by atoms with van der Waals surface area (Å²) in [6.07, 6.45) is 17.7. The van der Waals surface area contributed by atoms with Gasteiger partial charge in [-0.1, -0.05) is 45.6 Å². The maximum Gasteiger partial charge on any atom is 0.160 e. The van der Waals surface area contributed by atoms with Gasteiger partial charge in [-0.25, -0.2) is 0 Å². The third-order valence-electron chi connectivity index (χ3n) is 7.28. The van der Waals surface area contributed by atoms with Crippen molar-refractivity contribution < 1.29 is 10.2 Å². The molecule has 1 aromatic rings. The van der Waals surface area contributed by atoms with E-state index in [1.54, 1.807) is 6.07 Å². The predicted octanol–water partition coefficient (Wildman–Crippen LogP) is 6.90. The van der Waals surface area contributed by atoms with E-state index in [1.165, 1.54) is 76.2 Å². The van der Waals surface area contributed by atoms with Crippen molar-refractivity contribution in [2.45, 2.75) is 104 Å². The van der Waals surface area contributed by atoms with Gasteiger partial charge in [0.05, 0.1) is 0 Å². The number of phenols is 2. The van der Waals surface area contributed by atoms with Crippen molar-refractivity contribution in [1.29, 1.82) is 0 Å². The molecule has 0 aliphatic heterocycles. The van der Waals surface area contributed by atoms with Crippen LogP contribution in [-0.4, -0.2) is 10.2 Å². The van der Waals surface area contributed by atoms with Crippen LogP contribution < -0.4 is 0 Å². The van der Waals surface area contributed by atoms with Crippen LogP contribution in [0, 0.1) is 10.8 Å². The molecule has 0 radical (unpaired) electrons. The smallest absolute Gasteiger partial charge is 0.160 e. The molecule has 2 saturated carbocycles. The molecule has 26 heavy (non-hydrogen) atoms. The molecule has 0 bridgehead atoms. The first-order valence-corrected chi connectivity index (χ1v) is 11.0. The number of hydrogen-bond acceptors (Lipinski definition) is 2. The van der Waals surface area contributed by atoms with Crippen LogP contribution in [0.4, 0.5) is 0 Å². The van der Waals surface area contributed by atoms with E-state index in [0.717, 1.165) is 24.8 Å². The van der Waals surface area contributed by atoms with Gasteiger partial charge in [-0.2, -0.15) is 0 Å². The molecule has 0 unspecified atom stereocenters. The second-order valence-electron chi connectivity index (χ2n) is 9.50. The van der Waals surface area contributed by atoms with Gasteiger partial charge in [-0.05, 0) is 86.7 Å². The maximum atomic E-state index is 10.4. The van der Waals surface area contributed by atoms with Crippen LogP contribution in [0.3, 0.4) is 0 Å². The van der Waals surface area contributed by atoms with Crippen molar-refractivity contribution in [3.63, 3.8) is 0 Å². The summed E-state index contributed by atoms with van der Waals surface area (Å²) in [5, 5.41) is 20.3. The first kappa shape index (κ1) is 19.6. The molecule has 2 heteroatoms. The Balaban J connectivity index is 1.46. The van der Waals surface area contributed by atoms with Gasteiger partial charge in [0.2, 0.25) is 0 Å². The predicted molar refractivity (Wildman–Crippen MR) is 109 cm³/mol. The van der Waals surface area contributed by atoms with Gasteiger partial charge in [-0.15, -0.1) is 0 Å². The lowest BCUT2D eigenvalue weighted by Gasteiger charge is -2.15. The number of hydrogen-bond donors (Lipinski definition) is 2. The van der Waals surface area contributed by atoms with Crippen LogP contribution in [0.5, 0.6) is 11.5 Å². The van der Waals surface area contributed by atoms with Gasteiger partial charge >= 0.3 is 0 Å². The van der Waals surface area contributed by atoms with E-state index in [0.29, 0.717) is 10.8 Å². The second kappa shape index (κ2) is 8.23. The number of aromatic hydroxyl groups is 2. The molecule has 146 valence electrons. The van der Waals surface area contributed by atoms with E-state index in [2.05, 4.69) is 13.8 Å². The first-order valence-electron chi connectivity index (χ1n) is 11.0. The summed E-state index contributed by atoms with van der Waals surface area (Å²) in [5.74, 6) is 0.169. The molecule has 0 spiro atoms. The Labute approximate surface area is 160 Å². The Morgan fingerprint density at radius 1 is 0.846 bits per heavy atom. The minimum Gasteiger partial charge on any atom is -0.504 e. The highest BCUT2D eigenvalue weighted by Crippen LogP contribution is 2.52. The number of benzene rings is 1. The fourth-order valence-electron chi connectivity index (χ4n) is 4.45. The lowest BCUT2D eigenvalue weighted by atomic mass is 9.92. The van der Waals surface area contributed by atoms with Crippen LogP contribution >= 0.6 is 0 Å². The minimum atomic E-state index is 0.0395. The van der Waals surface area contributed by atoms with E-state index in [9.17, 15) is 10.2 Å². The highest BCUT2D eigenvalue weighted by molar-refractivity contribution is 5.49. The summed E-state index contributed by atoms with van der Waals surface area (Å²) in [6, 6.07) is 3.69. The molecule has 0 aromatic heterocycles. The van der Waals surface area contributed by atoms with E-state index in [4.69, 9.17) is 0 Å². The molecular weight excluding hydrogens is 320 g/mol. The Kier molecular flexibility index (Phi) is 6.20. The van der Waals surface area contributed by atoms with Gasteiger partial charge in [0.1, 0.15) is 0 Å². The largest absolute Gasteiger partial charge is 0.504 e. The zero-order valence-corrected chi connectivity index (χ0v) is 16.9. The van der Waals surface area contributed by atoms with Crippen LogP contribution in [0.25, 0.3) is 0 Å². The summed E-state index contributed by atoms with van der Waals surface area (Å²) < 4.78 is 0. The number of unbranched alkanes of at least 4 members (excludes halogenated alkanes) is 3. The number of phenolic OH excluding ortho intramolecular Hbond substituents is 2. The van der Waals surface area contributed by atoms with E-state index < -0.39 is 0 Å². The fraction of sp³-hybridized carbons (Fsp3) is 0.750. The lowest BCUT2D eigenvalue weighted by molar-refractivity contribution is 0.395. The highest BCUT2D eigenvalue weighted by Gasteiger charge is 2.39. The molecule has 2 N–H and O–H groups in total. The SMILES string of the molecule is CCC1(CCCCc2c(CCCCCC3(C)CC3)ccc(O)c2O)CC1. The maximum absolute atomic E-state index is 10.4. The normalized spacial score (nSPS) is 19.5. The van der Waals surface area contributed by atoms with Crippen molar-refractivity contribution >= 4 is 0 Å². The third-order valence-corrected chi connectivity index (χ3v) is 7.28. The molecule has 3 rings (SSSR count). The van der Waals surface area contributed by atoms with Crippen LogP contribution in [0.1, 0.15) is 102 Å². The standard InChI is InChI=1S/C24H38O2/c1-3-24(17-18-24)14-8-6-10-20-19(11-12-21(25)22(20)26)9-5-4-7-13-23(2)15-16-23/h11-12,25-26H,3-10,13-18H2,1-2H3. The Morgan fingerprint density at radius 3 is 2.19 bits per heavy atom. The number of aryl methyl sites for hydroxylation is 1. The number of rotatable bonds is 12. The van der Waals surface area contributed by atoms with Gasteiger partial charge in [0.15, 0.2) is 11.5 Å². The van der Waals surface area contributed by atoms with Crippen molar-refractivity contribution in [3.8, 4) is 11.5 Å². The Hall–Kier alpha value is -1.18. The third kappa shape index (κ3) is 5.18. The Bertz CT molecular complexity index is 596. The van der Waals surface area contributed by atoms with E-state index >= 15 is 0 Å². The zero-order chi connectivity index (χ0) is 18.6. The molecule has 0 heterocycles. The highest BCUT2D eigenvalue weighted by atomic mass is 16.3. The van der Waals surface area contributed by atoms with Gasteiger partial charge in [0, 0.05) is 5.56 Å². The van der Waals surface area contributed by atoms with Gasteiger partial charge < -0.3 is 10.2 Å². The monoisotopic (exact) mass is 358 g/mol. The van der Waals surface area contributed by atoms with E-state index in [-0.39, 0.29) is 11.5 Å². The zero-order valence-electron chi connectivity index (χ0n) is 16.9. The van der Waals surface area contributed by atoms with Crippen LogP contribution in [-0.2, 0) is 12.8 Å². The molecule has 0 atom stereocenters. The minimum absolute atomic E-state index is 0.0395. The fourth-order valence-corrected chi connectivity index (χ4v) is 4.45. The molecule has 2 fully saturated rings. The average molecular weight is 359 g/mol. The molecule has 2 aliphatic rings. The van der Waals surface area contributed by atoms with Crippen molar-refractivity contribution in [3.05, 3.63) is 23.3 Å². The summed E-state index contributed by atoms with van der Waals surface area (Å²) in [4.78, 5) is 0. The molecule has 0 saturated heterocycles. The summed E-state index contributed by atoms with van der Waals surface area (Å²) in [7, 11) is 0. The average Bonchev–Trinajstić information content (AvgIpc) is 3.55. The Morgan fingerprint density at radius 2 is 1.54 bits per heavy atom. The molecule has 2 aliphatic carbocycles. The molecular formula is C24H38O2. The molecule has 1 aromatic carbocycles. The topological polar surface area (TPSA) is 40.5 Å². The van der Waals surface area contributed by atoms with Crippen molar-refractivity contribution in [2.24, 2.45) is 10.8 Å². The van der Waals surface area contributed by atoms with Crippen molar-refractivity contribution in [1.82, 2.24) is 0 Å². The quantitative estimate of drug-likeness (QED) is 0.315. The summed E-state index contributed by atoms with van der Waals surface area (Å²) in [6.45, 7) is 4.73. The first-order chi connectivity index (χ1) is 12.5. The second-order valence-corrected chi connectivity index (χ2v) is 9.50. The van der Waals surface area contributed by atoms with Crippen LogP contribution in [0.2, 0.25) is 0 Å². The molecule has 2 nitrogen and oxygen atoms in total.